The van der Waals surface area contributed by atoms with Gasteiger partial charge in [0, 0.05) is 18.8 Å². The van der Waals surface area contributed by atoms with Crippen molar-refractivity contribution in [1.82, 2.24) is 4.98 Å². The highest BCUT2D eigenvalue weighted by Gasteiger charge is 2.17. The van der Waals surface area contributed by atoms with E-state index in [1.165, 1.54) is 0 Å². The minimum atomic E-state index is -0.540. The van der Waals surface area contributed by atoms with Crippen molar-refractivity contribution < 1.29 is 14.6 Å². The van der Waals surface area contributed by atoms with Gasteiger partial charge in [0.05, 0.1) is 11.8 Å². The summed E-state index contributed by atoms with van der Waals surface area (Å²) in [5.74, 6) is 0. The number of nitrogens with one attached hydrogen (secondary N) is 1. The molecule has 0 bridgehead atoms. The highest BCUT2D eigenvalue weighted by atomic mass is 16.6. The number of aliphatic hydroxyl groups excluding tert-OH is 1. The van der Waals surface area contributed by atoms with Crippen molar-refractivity contribution >= 4 is 11.8 Å². The molecule has 0 fully saturated rings. The molecule has 0 radical (unpaired) electrons. The first-order valence-electron chi connectivity index (χ1n) is 5.89. The Balaban J connectivity index is 2.75. The molecular weight excluding hydrogens is 232 g/mol. The van der Waals surface area contributed by atoms with Crippen LogP contribution in [0.2, 0.25) is 0 Å². The van der Waals surface area contributed by atoms with Gasteiger partial charge in [-0.3, -0.25) is 10.3 Å². The van der Waals surface area contributed by atoms with Crippen LogP contribution in [0, 0.1) is 0 Å². The number of rotatable bonds is 3. The summed E-state index contributed by atoms with van der Waals surface area (Å²) in [4.78, 5) is 15.6. The van der Waals surface area contributed by atoms with Crippen LogP contribution in [-0.2, 0) is 11.2 Å². The Labute approximate surface area is 107 Å². The summed E-state index contributed by atoms with van der Waals surface area (Å²) in [6, 6.07) is 1.68. The van der Waals surface area contributed by atoms with E-state index in [4.69, 9.17) is 4.74 Å². The van der Waals surface area contributed by atoms with E-state index in [0.29, 0.717) is 12.1 Å². The lowest BCUT2D eigenvalue weighted by molar-refractivity contribution is 0.0635. The van der Waals surface area contributed by atoms with Crippen LogP contribution in [-0.4, -0.2) is 27.9 Å². The summed E-state index contributed by atoms with van der Waals surface area (Å²) in [5.41, 5.74) is 0.847. The zero-order valence-corrected chi connectivity index (χ0v) is 11.2. The van der Waals surface area contributed by atoms with Gasteiger partial charge in [-0.1, -0.05) is 0 Å². The topological polar surface area (TPSA) is 71.5 Å². The number of aliphatic hydroxyl groups is 1. The maximum absolute atomic E-state index is 11.6. The molecule has 2 N–H and O–H groups in total. The Hall–Kier alpha value is -1.62. The quantitative estimate of drug-likeness (QED) is 0.866. The van der Waals surface area contributed by atoms with Crippen LogP contribution >= 0.6 is 0 Å². The highest BCUT2D eigenvalue weighted by molar-refractivity contribution is 5.85. The summed E-state index contributed by atoms with van der Waals surface area (Å²) in [6.07, 6.45) is 2.63. The fourth-order valence-corrected chi connectivity index (χ4v) is 1.44. The van der Waals surface area contributed by atoms with Gasteiger partial charge >= 0.3 is 6.09 Å². The second-order valence-electron chi connectivity index (χ2n) is 5.21. The molecule has 1 amide bonds. The molecule has 0 saturated carbocycles. The van der Waals surface area contributed by atoms with Gasteiger partial charge < -0.3 is 9.84 Å². The van der Waals surface area contributed by atoms with Crippen LogP contribution in [0.1, 0.15) is 33.3 Å². The third-order valence-corrected chi connectivity index (χ3v) is 2.05. The monoisotopic (exact) mass is 252 g/mol. The molecule has 0 aliphatic carbocycles. The van der Waals surface area contributed by atoms with E-state index in [9.17, 15) is 9.90 Å². The fourth-order valence-electron chi connectivity index (χ4n) is 1.44. The second-order valence-corrected chi connectivity index (χ2v) is 5.21. The number of nitrogens with zero attached hydrogens (tertiary/aromatic N) is 1. The van der Waals surface area contributed by atoms with Crippen LogP contribution in [0.4, 0.5) is 10.5 Å². The maximum Gasteiger partial charge on any atom is 0.412 e. The molecular formula is C13H20N2O3. The summed E-state index contributed by atoms with van der Waals surface area (Å²) >= 11 is 0. The molecule has 5 heteroatoms. The molecule has 0 spiro atoms. The summed E-state index contributed by atoms with van der Waals surface area (Å²) in [5, 5.41) is 12.0. The number of aromatic nitrogens is 1. The molecule has 5 nitrogen and oxygen atoms in total. The number of carbonyl (C=O) groups excluding carboxylic acids is 1. The van der Waals surface area contributed by atoms with Crippen molar-refractivity contribution in [2.24, 2.45) is 0 Å². The van der Waals surface area contributed by atoms with Crippen LogP contribution < -0.4 is 5.32 Å². The van der Waals surface area contributed by atoms with Crippen molar-refractivity contribution in [3.05, 3.63) is 24.0 Å². The van der Waals surface area contributed by atoms with Gasteiger partial charge in [0.1, 0.15) is 5.60 Å². The molecule has 100 valence electrons. The first-order valence-corrected chi connectivity index (χ1v) is 5.89. The number of hydrogen-bond donors (Lipinski definition) is 2. The van der Waals surface area contributed by atoms with Crippen molar-refractivity contribution in [3.63, 3.8) is 0 Å². The van der Waals surface area contributed by atoms with E-state index in [0.717, 1.165) is 5.56 Å². The first-order chi connectivity index (χ1) is 8.28. The van der Waals surface area contributed by atoms with Crippen molar-refractivity contribution in [2.75, 3.05) is 5.32 Å². The van der Waals surface area contributed by atoms with E-state index < -0.39 is 17.8 Å². The van der Waals surface area contributed by atoms with Gasteiger partial charge in [0.2, 0.25) is 0 Å². The molecule has 0 aromatic carbocycles. The zero-order valence-electron chi connectivity index (χ0n) is 11.2. The van der Waals surface area contributed by atoms with E-state index in [1.807, 2.05) is 0 Å². The van der Waals surface area contributed by atoms with Crippen molar-refractivity contribution in [2.45, 2.75) is 45.8 Å². The molecule has 1 atom stereocenters. The SMILES string of the molecule is CC(O)Cc1cnccc1NC(=O)OC(C)(C)C. The van der Waals surface area contributed by atoms with Crippen LogP contribution in [0.25, 0.3) is 0 Å². The lowest BCUT2D eigenvalue weighted by Gasteiger charge is -2.20. The Morgan fingerprint density at radius 3 is 2.78 bits per heavy atom. The third kappa shape index (κ3) is 5.14. The Morgan fingerprint density at radius 2 is 2.22 bits per heavy atom. The van der Waals surface area contributed by atoms with Gasteiger partial charge in [0.15, 0.2) is 0 Å². The largest absolute Gasteiger partial charge is 0.444 e. The molecule has 18 heavy (non-hydrogen) atoms. The number of amides is 1. The lowest BCUT2D eigenvalue weighted by Crippen LogP contribution is -2.27. The van der Waals surface area contributed by atoms with Crippen molar-refractivity contribution in [3.8, 4) is 0 Å². The average molecular weight is 252 g/mol. The molecule has 0 aliphatic heterocycles. The van der Waals surface area contributed by atoms with Gasteiger partial charge in [-0.2, -0.15) is 0 Å². The Bertz CT molecular complexity index is 411. The van der Waals surface area contributed by atoms with Crippen LogP contribution in [0.15, 0.2) is 18.5 Å². The van der Waals surface area contributed by atoms with E-state index in [2.05, 4.69) is 10.3 Å². The standard InChI is InChI=1S/C13H20N2O3/c1-9(16)7-10-8-14-6-5-11(10)15-12(17)18-13(2,3)4/h5-6,8-9,16H,7H2,1-4H3,(H,14,15,17). The predicted molar refractivity (Wildman–Crippen MR) is 69.5 cm³/mol. The van der Waals surface area contributed by atoms with E-state index in [-0.39, 0.29) is 0 Å². The van der Waals surface area contributed by atoms with E-state index in [1.54, 1.807) is 46.2 Å². The zero-order chi connectivity index (χ0) is 13.8. The summed E-state index contributed by atoms with van der Waals surface area (Å²) < 4.78 is 5.17. The third-order valence-electron chi connectivity index (χ3n) is 2.05. The molecule has 1 aromatic heterocycles. The van der Waals surface area contributed by atoms with Gasteiger partial charge in [0.25, 0.3) is 0 Å². The van der Waals surface area contributed by atoms with Gasteiger partial charge in [-0.05, 0) is 39.3 Å². The molecule has 0 aliphatic rings. The smallest absolute Gasteiger partial charge is 0.412 e. The summed E-state index contributed by atoms with van der Waals surface area (Å²) in [7, 11) is 0. The van der Waals surface area contributed by atoms with Crippen LogP contribution in [0.3, 0.4) is 0 Å². The number of anilines is 1. The predicted octanol–water partition coefficient (Wildman–Crippen LogP) is 2.35. The Morgan fingerprint density at radius 1 is 1.56 bits per heavy atom. The Kier molecular flexibility index (Phi) is 4.67. The van der Waals surface area contributed by atoms with Gasteiger partial charge in [-0.15, -0.1) is 0 Å². The van der Waals surface area contributed by atoms with Crippen molar-refractivity contribution in [1.29, 1.82) is 0 Å². The highest BCUT2D eigenvalue weighted by Crippen LogP contribution is 2.17. The van der Waals surface area contributed by atoms with Gasteiger partial charge in [-0.25, -0.2) is 4.79 Å². The normalized spacial score (nSPS) is 12.9. The molecule has 1 unspecified atom stereocenters. The van der Waals surface area contributed by atoms with E-state index >= 15 is 0 Å². The molecule has 1 rings (SSSR count). The number of pyridine rings is 1. The fraction of sp³-hybridized carbons (Fsp3) is 0.538. The maximum atomic E-state index is 11.6. The molecule has 0 saturated heterocycles. The van der Waals surface area contributed by atoms with Crippen LogP contribution in [0.5, 0.6) is 0 Å². The number of carbonyl (C=O) groups is 1. The average Bonchev–Trinajstić information content (AvgIpc) is 2.17. The summed E-state index contributed by atoms with van der Waals surface area (Å²) in [6.45, 7) is 7.09. The second kappa shape index (κ2) is 5.82. The number of hydrogen-bond acceptors (Lipinski definition) is 4. The minimum absolute atomic E-state index is 0.430. The molecule has 1 aromatic rings. The first kappa shape index (κ1) is 14.4. The molecule has 1 heterocycles. The number of ether oxygens (including phenoxy) is 1. The lowest BCUT2D eigenvalue weighted by atomic mass is 10.1. The minimum Gasteiger partial charge on any atom is -0.444 e.